The quantitative estimate of drug-likeness (QED) is 0.201. The van der Waals surface area contributed by atoms with Crippen LogP contribution in [-0.2, 0) is 44.5 Å². The molecular formula is C43H67NO12. The Hall–Kier alpha value is -2.36. The molecule has 0 bridgehead atoms. The highest BCUT2D eigenvalue weighted by Crippen LogP contribution is 2.54. The number of rotatable bonds is 12. The zero-order chi connectivity index (χ0) is 40.8. The van der Waals surface area contributed by atoms with Gasteiger partial charge in [0.15, 0.2) is 5.79 Å². The van der Waals surface area contributed by atoms with Crippen LogP contribution in [0.5, 0.6) is 0 Å². The number of alkyl carbamates (subject to hydrolysis) is 1. The SMILES string of the molecule is CO[C@@H](C(C)C(=O)O)[C@H](C)[C@H]1O[C@@]2(CC[C@@](C)([C@H]3CC[C@@](C)([C@@H]4O[C@@H]([C@H]5O[C@@](O)(COC(=O)NCc6ccccc6)[C@H](C)C[C@@H]5C)C[C@@H]4C)O3)O2)C[C@H](O)[C@H]1C. The second kappa shape index (κ2) is 16.7. The Balaban J connectivity index is 1.07. The highest BCUT2D eigenvalue weighted by atomic mass is 16.7. The van der Waals surface area contributed by atoms with Crippen molar-refractivity contribution in [2.75, 3.05) is 13.7 Å². The number of aliphatic hydroxyl groups excluding tert-OH is 1. The smallest absolute Gasteiger partial charge is 0.407 e. The first kappa shape index (κ1) is 43.2. The molecule has 4 N–H and O–H groups in total. The molecule has 6 rings (SSSR count). The Morgan fingerprint density at radius 2 is 1.68 bits per heavy atom. The van der Waals surface area contributed by atoms with Crippen molar-refractivity contribution in [3.8, 4) is 0 Å². The van der Waals surface area contributed by atoms with E-state index in [9.17, 15) is 24.9 Å². The molecule has 316 valence electrons. The van der Waals surface area contributed by atoms with Gasteiger partial charge in [0.1, 0.15) is 6.61 Å². The molecule has 0 saturated carbocycles. The summed E-state index contributed by atoms with van der Waals surface area (Å²) in [7, 11) is 1.52. The summed E-state index contributed by atoms with van der Waals surface area (Å²) in [5.74, 6) is -4.93. The van der Waals surface area contributed by atoms with Crippen LogP contribution in [0, 0.1) is 35.5 Å². The Morgan fingerprint density at radius 1 is 0.964 bits per heavy atom. The largest absolute Gasteiger partial charge is 0.481 e. The third-order valence-corrected chi connectivity index (χ3v) is 14.1. The number of carboxylic acids is 1. The van der Waals surface area contributed by atoms with Gasteiger partial charge in [-0.1, -0.05) is 65.0 Å². The molecule has 1 aromatic rings. The number of aliphatic carboxylic acids is 1. The Kier molecular flexibility index (Phi) is 12.9. The van der Waals surface area contributed by atoms with Gasteiger partial charge < -0.3 is 53.8 Å². The molecule has 1 amide bonds. The summed E-state index contributed by atoms with van der Waals surface area (Å²) in [4.78, 5) is 24.5. The minimum atomic E-state index is -1.66. The summed E-state index contributed by atoms with van der Waals surface area (Å²) >= 11 is 0. The molecule has 1 aromatic carbocycles. The van der Waals surface area contributed by atoms with Crippen molar-refractivity contribution in [3.63, 3.8) is 0 Å². The summed E-state index contributed by atoms with van der Waals surface area (Å²) < 4.78 is 45.2. The lowest BCUT2D eigenvalue weighted by molar-refractivity contribution is -0.336. The fourth-order valence-corrected chi connectivity index (χ4v) is 10.6. The molecule has 0 radical (unpaired) electrons. The van der Waals surface area contributed by atoms with E-state index in [1.54, 1.807) is 6.92 Å². The Morgan fingerprint density at radius 3 is 2.36 bits per heavy atom. The zero-order valence-corrected chi connectivity index (χ0v) is 34.8. The van der Waals surface area contributed by atoms with Crippen LogP contribution >= 0.6 is 0 Å². The molecule has 5 aliphatic heterocycles. The lowest BCUT2D eigenvalue weighted by Gasteiger charge is -2.48. The summed E-state index contributed by atoms with van der Waals surface area (Å²) in [6.07, 6.45) is 0.988. The number of nitrogens with one attached hydrogen (secondary N) is 1. The van der Waals surface area contributed by atoms with E-state index >= 15 is 0 Å². The molecule has 17 atom stereocenters. The summed E-state index contributed by atoms with van der Waals surface area (Å²) in [6, 6.07) is 9.55. The minimum absolute atomic E-state index is 0.104. The van der Waals surface area contributed by atoms with Crippen LogP contribution in [0.3, 0.4) is 0 Å². The third-order valence-electron chi connectivity index (χ3n) is 14.1. The minimum Gasteiger partial charge on any atom is -0.481 e. The van der Waals surface area contributed by atoms with E-state index in [1.807, 2.05) is 51.1 Å². The zero-order valence-electron chi connectivity index (χ0n) is 34.8. The molecular weight excluding hydrogens is 722 g/mol. The predicted octanol–water partition coefficient (Wildman–Crippen LogP) is 5.82. The summed E-state index contributed by atoms with van der Waals surface area (Å²) in [6.45, 7) is 15.9. The molecule has 0 aliphatic carbocycles. The normalized spacial score (nSPS) is 44.3. The number of carboxylic acid groups (broad SMARTS) is 1. The number of benzene rings is 1. The van der Waals surface area contributed by atoms with E-state index in [1.165, 1.54) is 7.11 Å². The maximum Gasteiger partial charge on any atom is 0.407 e. The van der Waals surface area contributed by atoms with Crippen LogP contribution in [0.4, 0.5) is 4.79 Å². The van der Waals surface area contributed by atoms with Gasteiger partial charge in [-0.2, -0.15) is 0 Å². The van der Waals surface area contributed by atoms with Gasteiger partial charge in [0.2, 0.25) is 5.79 Å². The fraction of sp³-hybridized carbons (Fsp3) is 0.814. The van der Waals surface area contributed by atoms with Crippen molar-refractivity contribution in [2.45, 2.75) is 172 Å². The first-order chi connectivity index (χ1) is 26.3. The van der Waals surface area contributed by atoms with E-state index in [4.69, 9.17) is 33.2 Å². The van der Waals surface area contributed by atoms with Crippen LogP contribution in [0.1, 0.15) is 106 Å². The molecule has 13 nitrogen and oxygen atoms in total. The predicted molar refractivity (Wildman–Crippen MR) is 205 cm³/mol. The van der Waals surface area contributed by atoms with Gasteiger partial charge in [-0.25, -0.2) is 4.79 Å². The first-order valence-electron chi connectivity index (χ1n) is 20.8. The van der Waals surface area contributed by atoms with Crippen LogP contribution in [0.2, 0.25) is 0 Å². The summed E-state index contributed by atoms with van der Waals surface area (Å²) in [5.41, 5.74) is -0.331. The van der Waals surface area contributed by atoms with Crippen LogP contribution in [0.25, 0.3) is 0 Å². The maximum absolute atomic E-state index is 12.6. The Labute approximate surface area is 332 Å². The third kappa shape index (κ3) is 8.66. The molecule has 5 saturated heterocycles. The van der Waals surface area contributed by atoms with Crippen LogP contribution < -0.4 is 5.32 Å². The molecule has 5 aliphatic rings. The molecule has 56 heavy (non-hydrogen) atoms. The van der Waals surface area contributed by atoms with E-state index in [0.717, 1.165) is 24.8 Å². The number of aliphatic hydroxyl groups is 2. The number of hydrogen-bond acceptors (Lipinski definition) is 11. The standard InChI is InChI=1S/C43H67NO12/c1-24-19-26(3)43(49,23-51-39(48)44-22-30-13-11-10-12-14-30)55-34(24)32-20-25(2)37(52-32)41(8)16-15-33(53-41)40(7)17-18-42(56-40)21-31(45)27(4)36(54-42)28(5)35(50-9)29(6)38(46)47/h10-14,24-29,31-37,45,49H,15-23H2,1-9H3,(H,44,48)(H,46,47)/t24-,25-,26+,27+,28-,29?,31-,32+,33+,34-,35+,36-,37+,40-,41-,42+,43-/m0/s1. The van der Waals surface area contributed by atoms with Crippen molar-refractivity contribution in [1.29, 1.82) is 0 Å². The molecule has 0 aromatic heterocycles. The average Bonchev–Trinajstić information content (AvgIpc) is 3.86. The number of amides is 1. The van der Waals surface area contributed by atoms with Gasteiger partial charge in [0.25, 0.3) is 0 Å². The van der Waals surface area contributed by atoms with Gasteiger partial charge in [0.05, 0.1) is 59.8 Å². The van der Waals surface area contributed by atoms with Crippen molar-refractivity contribution in [2.24, 2.45) is 35.5 Å². The maximum atomic E-state index is 12.6. The highest BCUT2D eigenvalue weighted by Gasteiger charge is 2.61. The van der Waals surface area contributed by atoms with Crippen molar-refractivity contribution in [1.82, 2.24) is 5.32 Å². The average molecular weight is 790 g/mol. The molecule has 1 spiro atoms. The van der Waals surface area contributed by atoms with Gasteiger partial charge in [-0.15, -0.1) is 0 Å². The molecule has 5 heterocycles. The first-order valence-corrected chi connectivity index (χ1v) is 20.8. The monoisotopic (exact) mass is 789 g/mol. The second-order valence-corrected chi connectivity index (χ2v) is 18.4. The number of hydrogen-bond donors (Lipinski definition) is 4. The van der Waals surface area contributed by atoms with Gasteiger partial charge >= 0.3 is 12.1 Å². The Bertz CT molecular complexity index is 1520. The number of ether oxygens (including phenoxy) is 7. The molecule has 1 unspecified atom stereocenters. The van der Waals surface area contributed by atoms with Crippen molar-refractivity contribution < 1.29 is 58.1 Å². The van der Waals surface area contributed by atoms with E-state index in [-0.39, 0.29) is 54.5 Å². The van der Waals surface area contributed by atoms with Gasteiger partial charge in [-0.05, 0) is 70.3 Å². The number of carbonyl (C=O) groups is 2. The van der Waals surface area contributed by atoms with Crippen LogP contribution in [-0.4, -0.2) is 107 Å². The lowest BCUT2D eigenvalue weighted by atomic mass is 9.78. The molecule has 13 heteroatoms. The highest BCUT2D eigenvalue weighted by molar-refractivity contribution is 5.70. The topological polar surface area (TPSA) is 171 Å². The summed E-state index contributed by atoms with van der Waals surface area (Å²) in [5, 5.41) is 35.5. The number of carbonyl (C=O) groups excluding carboxylic acids is 1. The van der Waals surface area contributed by atoms with Gasteiger partial charge in [-0.3, -0.25) is 4.79 Å². The van der Waals surface area contributed by atoms with E-state index < -0.39 is 65.2 Å². The molecule has 5 fully saturated rings. The fourth-order valence-electron chi connectivity index (χ4n) is 10.6. The van der Waals surface area contributed by atoms with Crippen LogP contribution in [0.15, 0.2) is 30.3 Å². The second-order valence-electron chi connectivity index (χ2n) is 18.4. The van der Waals surface area contributed by atoms with E-state index in [2.05, 4.69) is 33.0 Å². The van der Waals surface area contributed by atoms with Gasteiger partial charge in [0, 0.05) is 44.2 Å². The van der Waals surface area contributed by atoms with Crippen molar-refractivity contribution in [3.05, 3.63) is 35.9 Å². The van der Waals surface area contributed by atoms with Crippen molar-refractivity contribution >= 4 is 12.1 Å². The lowest BCUT2D eigenvalue weighted by Crippen LogP contribution is -2.57. The number of methoxy groups -OCH3 is 1. The van der Waals surface area contributed by atoms with E-state index in [0.29, 0.717) is 32.2 Å².